The second kappa shape index (κ2) is 4.42. The summed E-state index contributed by atoms with van der Waals surface area (Å²) >= 11 is 2.06. The molecule has 1 N–H and O–H groups in total. The Labute approximate surface area is 103 Å². The highest BCUT2D eigenvalue weighted by Gasteiger charge is 2.28. The molecule has 1 aliphatic rings. The van der Waals surface area contributed by atoms with Gasteiger partial charge in [0.15, 0.2) is 0 Å². The van der Waals surface area contributed by atoms with Crippen LogP contribution in [0, 0.1) is 13.8 Å². The van der Waals surface area contributed by atoms with Crippen LogP contribution in [-0.4, -0.2) is 17.0 Å². The Morgan fingerprint density at radius 1 is 1.31 bits per heavy atom. The Bertz CT molecular complexity index is 384. The third kappa shape index (κ3) is 2.61. The molecule has 1 atom stereocenters. The van der Waals surface area contributed by atoms with Gasteiger partial charge in [0.05, 0.1) is 0 Å². The Balaban J connectivity index is 2.26. The highest BCUT2D eigenvalue weighted by atomic mass is 32.2. The number of hydrogen-bond acceptors (Lipinski definition) is 2. The maximum atomic E-state index is 3.76. The van der Waals surface area contributed by atoms with Crippen molar-refractivity contribution >= 4 is 11.8 Å². The van der Waals surface area contributed by atoms with Crippen molar-refractivity contribution in [2.45, 2.75) is 39.3 Å². The van der Waals surface area contributed by atoms with Crippen LogP contribution in [0.4, 0.5) is 0 Å². The van der Waals surface area contributed by atoms with Crippen molar-refractivity contribution in [2.75, 3.05) is 11.5 Å². The van der Waals surface area contributed by atoms with E-state index in [-0.39, 0.29) is 5.54 Å². The second-order valence-electron chi connectivity index (χ2n) is 5.46. The average Bonchev–Trinajstić information content (AvgIpc) is 2.20. The van der Waals surface area contributed by atoms with Crippen LogP contribution in [0.15, 0.2) is 18.2 Å². The molecule has 0 amide bonds. The van der Waals surface area contributed by atoms with Crippen molar-refractivity contribution in [2.24, 2.45) is 0 Å². The van der Waals surface area contributed by atoms with E-state index in [4.69, 9.17) is 0 Å². The molecule has 1 fully saturated rings. The lowest BCUT2D eigenvalue weighted by molar-refractivity contribution is 0.375. The van der Waals surface area contributed by atoms with Crippen LogP contribution in [0.1, 0.15) is 36.6 Å². The number of hydrogen-bond donors (Lipinski definition) is 1. The first-order chi connectivity index (χ1) is 7.48. The predicted octanol–water partition coefficient (Wildman–Crippen LogP) is 3.46. The first-order valence-corrected chi connectivity index (χ1v) is 7.06. The monoisotopic (exact) mass is 235 g/mol. The van der Waals surface area contributed by atoms with Crippen molar-refractivity contribution in [3.05, 3.63) is 34.9 Å². The van der Waals surface area contributed by atoms with Crippen LogP contribution >= 0.6 is 11.8 Å². The lowest BCUT2D eigenvalue weighted by Crippen LogP contribution is -2.48. The molecule has 1 saturated heterocycles. The maximum absolute atomic E-state index is 3.76. The number of thioether (sulfide) groups is 1. The minimum atomic E-state index is 0.254. The van der Waals surface area contributed by atoms with E-state index in [1.165, 1.54) is 28.2 Å². The smallest absolute Gasteiger partial charge is 0.0418 e. The van der Waals surface area contributed by atoms with E-state index in [1.54, 1.807) is 0 Å². The average molecular weight is 235 g/mol. The SMILES string of the molecule is Cc1ccc(C)c(C2CSCC(C)(C)N2)c1. The summed E-state index contributed by atoms with van der Waals surface area (Å²) in [6.45, 7) is 8.96. The molecule has 0 spiro atoms. The fraction of sp³-hybridized carbons (Fsp3) is 0.571. The van der Waals surface area contributed by atoms with Gasteiger partial charge in [-0.2, -0.15) is 11.8 Å². The van der Waals surface area contributed by atoms with E-state index in [1.807, 2.05) is 0 Å². The van der Waals surface area contributed by atoms with Crippen LogP contribution in [0.3, 0.4) is 0 Å². The summed E-state index contributed by atoms with van der Waals surface area (Å²) in [6, 6.07) is 7.27. The molecular formula is C14H21NS. The van der Waals surface area contributed by atoms with E-state index >= 15 is 0 Å². The highest BCUT2D eigenvalue weighted by molar-refractivity contribution is 7.99. The van der Waals surface area contributed by atoms with Gasteiger partial charge in [-0.3, -0.25) is 0 Å². The van der Waals surface area contributed by atoms with Crippen LogP contribution in [-0.2, 0) is 0 Å². The summed E-state index contributed by atoms with van der Waals surface area (Å²) in [7, 11) is 0. The number of nitrogens with one attached hydrogen (secondary N) is 1. The van der Waals surface area contributed by atoms with Gasteiger partial charge in [-0.15, -0.1) is 0 Å². The molecule has 1 heterocycles. The summed E-state index contributed by atoms with van der Waals surface area (Å²) in [6.07, 6.45) is 0. The minimum absolute atomic E-state index is 0.254. The number of aryl methyl sites for hydroxylation is 2. The number of rotatable bonds is 1. The molecule has 2 heteroatoms. The fourth-order valence-corrected chi connectivity index (χ4v) is 3.50. The van der Waals surface area contributed by atoms with Gasteiger partial charge in [0.2, 0.25) is 0 Å². The molecule has 1 unspecified atom stereocenters. The van der Waals surface area contributed by atoms with Gasteiger partial charge < -0.3 is 5.32 Å². The molecular weight excluding hydrogens is 214 g/mol. The van der Waals surface area contributed by atoms with Crippen molar-refractivity contribution in [3.63, 3.8) is 0 Å². The van der Waals surface area contributed by atoms with Gasteiger partial charge in [-0.25, -0.2) is 0 Å². The molecule has 1 aromatic rings. The Hall–Kier alpha value is -0.470. The van der Waals surface area contributed by atoms with Gasteiger partial charge >= 0.3 is 0 Å². The summed E-state index contributed by atoms with van der Waals surface area (Å²) in [4.78, 5) is 0. The van der Waals surface area contributed by atoms with Crippen molar-refractivity contribution in [1.29, 1.82) is 0 Å². The van der Waals surface area contributed by atoms with Gasteiger partial charge in [-0.1, -0.05) is 23.8 Å². The molecule has 0 saturated carbocycles. The molecule has 1 aliphatic heterocycles. The van der Waals surface area contributed by atoms with Crippen molar-refractivity contribution < 1.29 is 0 Å². The highest BCUT2D eigenvalue weighted by Crippen LogP contribution is 2.31. The van der Waals surface area contributed by atoms with Gasteiger partial charge in [0.1, 0.15) is 0 Å². The summed E-state index contributed by atoms with van der Waals surface area (Å²) in [5, 5.41) is 3.76. The van der Waals surface area contributed by atoms with Crippen LogP contribution in [0.5, 0.6) is 0 Å². The molecule has 0 radical (unpaired) electrons. The first kappa shape index (κ1) is 12.0. The van der Waals surface area contributed by atoms with Crippen molar-refractivity contribution in [1.82, 2.24) is 5.32 Å². The Kier molecular flexibility index (Phi) is 3.32. The lowest BCUT2D eigenvalue weighted by Gasteiger charge is -2.37. The quantitative estimate of drug-likeness (QED) is 0.800. The summed E-state index contributed by atoms with van der Waals surface area (Å²) < 4.78 is 0. The van der Waals surface area contributed by atoms with Gasteiger partial charge in [-0.05, 0) is 38.8 Å². The molecule has 88 valence electrons. The Morgan fingerprint density at radius 3 is 2.75 bits per heavy atom. The first-order valence-electron chi connectivity index (χ1n) is 5.90. The van der Waals surface area contributed by atoms with E-state index < -0.39 is 0 Å². The van der Waals surface area contributed by atoms with Crippen LogP contribution < -0.4 is 5.32 Å². The fourth-order valence-electron chi connectivity index (χ4n) is 2.29. The number of benzene rings is 1. The molecule has 16 heavy (non-hydrogen) atoms. The largest absolute Gasteiger partial charge is 0.303 e. The summed E-state index contributed by atoms with van der Waals surface area (Å²) in [5.41, 5.74) is 4.49. The van der Waals surface area contributed by atoms with E-state index in [0.29, 0.717) is 6.04 Å². The lowest BCUT2D eigenvalue weighted by atomic mass is 9.97. The zero-order valence-corrected chi connectivity index (χ0v) is 11.4. The predicted molar refractivity (Wildman–Crippen MR) is 73.2 cm³/mol. The zero-order chi connectivity index (χ0) is 11.8. The second-order valence-corrected chi connectivity index (χ2v) is 6.49. The Morgan fingerprint density at radius 2 is 2.06 bits per heavy atom. The molecule has 1 aromatic carbocycles. The topological polar surface area (TPSA) is 12.0 Å². The van der Waals surface area contributed by atoms with E-state index in [9.17, 15) is 0 Å². The third-order valence-electron chi connectivity index (χ3n) is 3.12. The molecule has 0 aromatic heterocycles. The van der Waals surface area contributed by atoms with Crippen molar-refractivity contribution in [3.8, 4) is 0 Å². The minimum Gasteiger partial charge on any atom is -0.303 e. The molecule has 2 rings (SSSR count). The molecule has 0 aliphatic carbocycles. The zero-order valence-electron chi connectivity index (χ0n) is 10.6. The third-order valence-corrected chi connectivity index (χ3v) is 4.62. The normalized spacial score (nSPS) is 24.4. The summed E-state index contributed by atoms with van der Waals surface area (Å²) in [5.74, 6) is 2.39. The maximum Gasteiger partial charge on any atom is 0.0418 e. The van der Waals surface area contributed by atoms with E-state index in [2.05, 4.69) is 63.0 Å². The van der Waals surface area contributed by atoms with E-state index in [0.717, 1.165) is 0 Å². The van der Waals surface area contributed by atoms with Gasteiger partial charge in [0, 0.05) is 23.1 Å². The molecule has 1 nitrogen and oxygen atoms in total. The van der Waals surface area contributed by atoms with Crippen LogP contribution in [0.25, 0.3) is 0 Å². The standard InChI is InChI=1S/C14H21NS/c1-10-5-6-11(2)12(7-10)13-8-16-9-14(3,4)15-13/h5-7,13,15H,8-9H2,1-4H3. The van der Waals surface area contributed by atoms with Crippen LogP contribution in [0.2, 0.25) is 0 Å². The van der Waals surface area contributed by atoms with Gasteiger partial charge in [0.25, 0.3) is 0 Å². The molecule has 0 bridgehead atoms.